The smallest absolute Gasteiger partial charge is 0.490 e. The van der Waals surface area contributed by atoms with Crippen LogP contribution in [-0.4, -0.2) is 55.8 Å². The Labute approximate surface area is 191 Å². The van der Waals surface area contributed by atoms with Crippen molar-refractivity contribution in [1.82, 2.24) is 14.5 Å². The molecule has 1 aromatic heterocycles. The van der Waals surface area contributed by atoms with E-state index >= 15 is 0 Å². The highest BCUT2D eigenvalue weighted by atomic mass is 35.5. The largest absolute Gasteiger partial charge is 0.507 e. The molecule has 1 aliphatic heterocycles. The molecule has 2 heterocycles. The number of aromatic hydroxyl groups is 1. The van der Waals surface area contributed by atoms with Gasteiger partial charge in [-0.25, -0.2) is 9.78 Å². The van der Waals surface area contributed by atoms with Crippen LogP contribution in [-0.2, 0) is 17.8 Å². The highest BCUT2D eigenvalue weighted by molar-refractivity contribution is 6.31. The molecule has 0 aliphatic carbocycles. The average Bonchev–Trinajstić information content (AvgIpc) is 3.06. The molecule has 1 amide bonds. The van der Waals surface area contributed by atoms with Crippen LogP contribution in [0.3, 0.4) is 0 Å². The number of fused-ring (bicyclic) bond motifs is 1. The number of benzene rings is 2. The van der Waals surface area contributed by atoms with Crippen molar-refractivity contribution in [2.45, 2.75) is 19.1 Å². The SMILES string of the molecule is O=C(O)C(F)(F)F.O=C(c1cc(Cl)ccc1O)N1CCc2ncc(-c3ccccc3)n2CC1. The summed E-state index contributed by atoms with van der Waals surface area (Å²) in [5, 5.41) is 17.6. The second kappa shape index (κ2) is 9.95. The van der Waals surface area contributed by atoms with Crippen molar-refractivity contribution in [3.8, 4) is 17.0 Å². The number of phenols is 1. The predicted octanol–water partition coefficient (Wildman–Crippen LogP) is 4.24. The summed E-state index contributed by atoms with van der Waals surface area (Å²) < 4.78 is 33.9. The maximum atomic E-state index is 12.8. The third-order valence-electron chi connectivity index (χ3n) is 4.93. The molecule has 0 radical (unpaired) electrons. The van der Waals surface area contributed by atoms with E-state index in [1.165, 1.54) is 12.1 Å². The number of aromatic nitrogens is 2. The topological polar surface area (TPSA) is 95.7 Å². The summed E-state index contributed by atoms with van der Waals surface area (Å²) in [7, 11) is 0. The molecule has 0 unspecified atom stereocenters. The summed E-state index contributed by atoms with van der Waals surface area (Å²) in [6, 6.07) is 14.6. The Hall–Kier alpha value is -3.53. The van der Waals surface area contributed by atoms with Gasteiger partial charge in [0.15, 0.2) is 0 Å². The lowest BCUT2D eigenvalue weighted by atomic mass is 10.1. The number of carbonyl (C=O) groups is 2. The lowest BCUT2D eigenvalue weighted by Crippen LogP contribution is -2.33. The van der Waals surface area contributed by atoms with Gasteiger partial charge in [-0.2, -0.15) is 13.2 Å². The Morgan fingerprint density at radius 3 is 2.33 bits per heavy atom. The van der Waals surface area contributed by atoms with Crippen molar-refractivity contribution in [3.63, 3.8) is 0 Å². The summed E-state index contributed by atoms with van der Waals surface area (Å²) >= 11 is 5.98. The lowest BCUT2D eigenvalue weighted by molar-refractivity contribution is -0.192. The maximum Gasteiger partial charge on any atom is 0.490 e. The Morgan fingerprint density at radius 1 is 1.03 bits per heavy atom. The molecule has 33 heavy (non-hydrogen) atoms. The number of carbonyl (C=O) groups excluding carboxylic acids is 1. The van der Waals surface area contributed by atoms with Crippen LogP contribution >= 0.6 is 11.6 Å². The number of amides is 1. The lowest BCUT2D eigenvalue weighted by Gasteiger charge is -2.21. The molecule has 0 fully saturated rings. The van der Waals surface area contributed by atoms with Gasteiger partial charge in [0.05, 0.1) is 17.5 Å². The summed E-state index contributed by atoms with van der Waals surface area (Å²) in [6.07, 6.45) is -2.52. The fraction of sp³-hybridized carbons (Fsp3) is 0.227. The Kier molecular flexibility index (Phi) is 7.27. The van der Waals surface area contributed by atoms with Crippen LogP contribution in [0.15, 0.2) is 54.7 Å². The zero-order valence-electron chi connectivity index (χ0n) is 17.1. The number of nitrogens with zero attached hydrogens (tertiary/aromatic N) is 3. The van der Waals surface area contributed by atoms with Crippen LogP contribution in [0, 0.1) is 0 Å². The Balaban J connectivity index is 0.000000383. The van der Waals surface area contributed by atoms with Crippen LogP contribution in [0.5, 0.6) is 5.75 Å². The van der Waals surface area contributed by atoms with Crippen LogP contribution in [0.1, 0.15) is 16.2 Å². The van der Waals surface area contributed by atoms with Crippen LogP contribution in [0.25, 0.3) is 11.3 Å². The van der Waals surface area contributed by atoms with Gasteiger partial charge in [0.2, 0.25) is 0 Å². The zero-order chi connectivity index (χ0) is 24.2. The van der Waals surface area contributed by atoms with E-state index in [4.69, 9.17) is 21.5 Å². The summed E-state index contributed by atoms with van der Waals surface area (Å²) in [5.41, 5.74) is 2.40. The zero-order valence-corrected chi connectivity index (χ0v) is 17.8. The second-order valence-corrected chi connectivity index (χ2v) is 7.52. The summed E-state index contributed by atoms with van der Waals surface area (Å²) in [4.78, 5) is 28.0. The number of carboxylic acid groups (broad SMARTS) is 1. The van der Waals surface area contributed by atoms with E-state index in [-0.39, 0.29) is 17.2 Å². The molecule has 0 spiro atoms. The highest BCUT2D eigenvalue weighted by Crippen LogP contribution is 2.26. The fourth-order valence-electron chi connectivity index (χ4n) is 3.32. The fourth-order valence-corrected chi connectivity index (χ4v) is 3.49. The first-order valence-corrected chi connectivity index (χ1v) is 10.1. The third kappa shape index (κ3) is 5.83. The van der Waals surface area contributed by atoms with E-state index in [0.717, 1.165) is 17.1 Å². The molecule has 4 rings (SSSR count). The van der Waals surface area contributed by atoms with Gasteiger partial charge in [-0.05, 0) is 23.8 Å². The Bertz CT molecular complexity index is 1150. The third-order valence-corrected chi connectivity index (χ3v) is 5.16. The van der Waals surface area contributed by atoms with Crippen molar-refractivity contribution in [1.29, 1.82) is 0 Å². The van der Waals surface area contributed by atoms with Gasteiger partial charge >= 0.3 is 12.1 Å². The van der Waals surface area contributed by atoms with Gasteiger partial charge in [0.1, 0.15) is 11.6 Å². The number of phenolic OH excluding ortho intramolecular Hbond substituents is 1. The van der Waals surface area contributed by atoms with Gasteiger partial charge in [-0.1, -0.05) is 41.9 Å². The molecular weight excluding hydrogens is 463 g/mol. The predicted molar refractivity (Wildman–Crippen MR) is 114 cm³/mol. The van der Waals surface area contributed by atoms with Crippen LogP contribution < -0.4 is 0 Å². The van der Waals surface area contributed by atoms with Gasteiger partial charge in [-0.15, -0.1) is 0 Å². The molecule has 7 nitrogen and oxygen atoms in total. The van der Waals surface area contributed by atoms with E-state index in [1.54, 1.807) is 11.0 Å². The second-order valence-electron chi connectivity index (χ2n) is 7.08. The summed E-state index contributed by atoms with van der Waals surface area (Å²) in [5.74, 6) is -2.05. The first-order chi connectivity index (χ1) is 15.6. The number of imidazole rings is 1. The van der Waals surface area contributed by atoms with E-state index < -0.39 is 12.1 Å². The number of rotatable bonds is 2. The molecule has 11 heteroatoms. The van der Waals surface area contributed by atoms with Crippen LogP contribution in [0.2, 0.25) is 5.02 Å². The minimum atomic E-state index is -5.08. The maximum absolute atomic E-state index is 12.8. The van der Waals surface area contributed by atoms with E-state index in [1.807, 2.05) is 24.4 Å². The van der Waals surface area contributed by atoms with Gasteiger partial charge in [0, 0.05) is 31.1 Å². The van der Waals surface area contributed by atoms with E-state index in [0.29, 0.717) is 31.1 Å². The quantitative estimate of drug-likeness (QED) is 0.571. The van der Waals surface area contributed by atoms with Gasteiger partial charge in [0.25, 0.3) is 5.91 Å². The summed E-state index contributed by atoms with van der Waals surface area (Å²) in [6.45, 7) is 1.76. The normalized spacial score (nSPS) is 13.4. The molecule has 174 valence electrons. The molecular formula is C22H19ClF3N3O4. The molecule has 1 aliphatic rings. The number of halogens is 4. The molecule has 3 aromatic rings. The van der Waals surface area contributed by atoms with Gasteiger partial charge < -0.3 is 19.7 Å². The van der Waals surface area contributed by atoms with Crippen molar-refractivity contribution in [2.24, 2.45) is 0 Å². The average molecular weight is 482 g/mol. The van der Waals surface area contributed by atoms with Crippen molar-refractivity contribution in [2.75, 3.05) is 13.1 Å². The number of aliphatic carboxylic acids is 1. The van der Waals surface area contributed by atoms with Crippen LogP contribution in [0.4, 0.5) is 13.2 Å². The standard InChI is InChI=1S/C20H18ClN3O2.C2HF3O2/c21-15-6-7-18(25)16(12-15)20(26)23-9-8-19-22-13-17(24(19)11-10-23)14-4-2-1-3-5-14;3-2(4,5)1(6)7/h1-7,12-13,25H,8-11H2;(H,6,7). The molecule has 0 atom stereocenters. The molecule has 0 bridgehead atoms. The van der Waals surface area contributed by atoms with E-state index in [9.17, 15) is 23.1 Å². The minimum Gasteiger partial charge on any atom is -0.507 e. The number of hydrogen-bond donors (Lipinski definition) is 2. The number of alkyl halides is 3. The first-order valence-electron chi connectivity index (χ1n) is 9.75. The molecule has 0 saturated heterocycles. The van der Waals surface area contributed by atoms with Crippen molar-refractivity contribution in [3.05, 3.63) is 71.1 Å². The molecule has 0 saturated carbocycles. The first kappa shape index (κ1) is 24.1. The molecule has 2 aromatic carbocycles. The minimum absolute atomic E-state index is 0.0497. The van der Waals surface area contributed by atoms with Crippen molar-refractivity contribution >= 4 is 23.5 Å². The van der Waals surface area contributed by atoms with Crippen molar-refractivity contribution < 1.29 is 33.0 Å². The number of hydrogen-bond acceptors (Lipinski definition) is 4. The van der Waals surface area contributed by atoms with Gasteiger partial charge in [-0.3, -0.25) is 4.79 Å². The molecule has 2 N–H and O–H groups in total. The van der Waals surface area contributed by atoms with E-state index in [2.05, 4.69) is 21.7 Å². The number of carboxylic acids is 1. The monoisotopic (exact) mass is 481 g/mol. The highest BCUT2D eigenvalue weighted by Gasteiger charge is 2.38. The Morgan fingerprint density at radius 2 is 1.70 bits per heavy atom.